The zero-order valence-electron chi connectivity index (χ0n) is 19.7. The van der Waals surface area contributed by atoms with Gasteiger partial charge in [-0.05, 0) is 63.1 Å². The van der Waals surface area contributed by atoms with E-state index in [1.165, 1.54) is 4.31 Å². The van der Waals surface area contributed by atoms with Gasteiger partial charge in [-0.1, -0.05) is 31.5 Å². The lowest BCUT2D eigenvalue weighted by Gasteiger charge is -2.36. The number of carbonyl (C=O) groups is 1. The number of piperidine rings is 1. The van der Waals surface area contributed by atoms with E-state index in [1.54, 1.807) is 6.07 Å². The molecule has 1 saturated heterocycles. The highest BCUT2D eigenvalue weighted by atomic mass is 32.2. The monoisotopic (exact) mass is 458 g/mol. The fourth-order valence-corrected chi connectivity index (χ4v) is 6.86. The number of benzene rings is 1. The molecule has 2 aliphatic rings. The third-order valence-electron chi connectivity index (χ3n) is 6.83. The predicted molar refractivity (Wildman–Crippen MR) is 124 cm³/mol. The summed E-state index contributed by atoms with van der Waals surface area (Å²) in [4.78, 5) is 13.5. The van der Waals surface area contributed by atoms with Crippen molar-refractivity contribution in [1.82, 2.24) is 9.62 Å². The number of hydrogen-bond acceptors (Lipinski definition) is 4. The summed E-state index contributed by atoms with van der Waals surface area (Å²) in [5, 5.41) is 3.25. The van der Waals surface area contributed by atoms with Crippen molar-refractivity contribution in [3.05, 3.63) is 52.5 Å². The molecule has 0 saturated carbocycles. The van der Waals surface area contributed by atoms with Gasteiger partial charge in [0.05, 0.1) is 10.9 Å². The molecule has 0 spiro atoms. The van der Waals surface area contributed by atoms with Crippen LogP contribution in [0, 0.1) is 32.1 Å². The quantitative estimate of drug-likeness (QED) is 0.735. The maximum Gasteiger partial charge on any atom is 0.243 e. The fraction of sp³-hybridized carbons (Fsp3) is 0.560. The van der Waals surface area contributed by atoms with Gasteiger partial charge in [-0.25, -0.2) is 8.42 Å². The number of sulfonamides is 1. The number of rotatable bonds is 4. The Kier molecular flexibility index (Phi) is 6.01. The molecule has 4 rings (SSSR count). The summed E-state index contributed by atoms with van der Waals surface area (Å²) in [6, 6.07) is 7.39. The second-order valence-electron chi connectivity index (χ2n) is 10.3. The number of fused-ring (bicyclic) bond motifs is 1. The van der Waals surface area contributed by atoms with E-state index in [4.69, 9.17) is 4.42 Å². The van der Waals surface area contributed by atoms with Crippen molar-refractivity contribution >= 4 is 15.9 Å². The van der Waals surface area contributed by atoms with Gasteiger partial charge >= 0.3 is 0 Å². The van der Waals surface area contributed by atoms with E-state index >= 15 is 0 Å². The number of nitrogens with one attached hydrogen (secondary N) is 1. The second-order valence-corrected chi connectivity index (χ2v) is 12.2. The number of amides is 1. The molecule has 1 aliphatic carbocycles. The van der Waals surface area contributed by atoms with Gasteiger partial charge in [0, 0.05) is 31.0 Å². The van der Waals surface area contributed by atoms with Crippen molar-refractivity contribution in [2.45, 2.75) is 71.2 Å². The van der Waals surface area contributed by atoms with Gasteiger partial charge in [0.15, 0.2) is 0 Å². The lowest BCUT2D eigenvalue weighted by Crippen LogP contribution is -2.44. The molecule has 1 fully saturated rings. The van der Waals surface area contributed by atoms with Gasteiger partial charge < -0.3 is 9.73 Å². The Bertz CT molecular complexity index is 1120. The number of hydrogen-bond donors (Lipinski definition) is 1. The zero-order valence-corrected chi connectivity index (χ0v) is 20.5. The van der Waals surface area contributed by atoms with Crippen LogP contribution in [0.15, 0.2) is 33.6 Å². The van der Waals surface area contributed by atoms with E-state index in [-0.39, 0.29) is 23.3 Å². The van der Waals surface area contributed by atoms with E-state index in [0.29, 0.717) is 30.8 Å². The molecule has 0 bridgehead atoms. The molecule has 2 aromatic rings. The van der Waals surface area contributed by atoms with Gasteiger partial charge in [-0.3, -0.25) is 4.79 Å². The van der Waals surface area contributed by atoms with Crippen LogP contribution in [0.2, 0.25) is 0 Å². The summed E-state index contributed by atoms with van der Waals surface area (Å²) in [5.74, 6) is 1.68. The van der Waals surface area contributed by atoms with E-state index in [9.17, 15) is 13.2 Å². The molecule has 7 heteroatoms. The average Bonchev–Trinajstić information content (AvgIpc) is 3.06. The van der Waals surface area contributed by atoms with Crippen molar-refractivity contribution in [2.24, 2.45) is 11.3 Å². The third kappa shape index (κ3) is 4.50. The molecule has 1 atom stereocenters. The second kappa shape index (κ2) is 8.34. The summed E-state index contributed by atoms with van der Waals surface area (Å²) in [7, 11) is -3.55. The minimum absolute atomic E-state index is 0.0149. The highest BCUT2D eigenvalue weighted by molar-refractivity contribution is 7.89. The Morgan fingerprint density at radius 3 is 2.47 bits per heavy atom. The number of aryl methyl sites for hydroxylation is 3. The Labute approximate surface area is 191 Å². The Morgan fingerprint density at radius 2 is 1.81 bits per heavy atom. The first-order valence-corrected chi connectivity index (χ1v) is 12.9. The van der Waals surface area contributed by atoms with Gasteiger partial charge in [0.2, 0.25) is 15.9 Å². The smallest absolute Gasteiger partial charge is 0.243 e. The van der Waals surface area contributed by atoms with Gasteiger partial charge in [-0.15, -0.1) is 0 Å². The van der Waals surface area contributed by atoms with Crippen LogP contribution in [0.25, 0.3) is 0 Å². The zero-order chi connectivity index (χ0) is 23.3. The van der Waals surface area contributed by atoms with Crippen LogP contribution >= 0.6 is 0 Å². The maximum absolute atomic E-state index is 13.1. The molecule has 174 valence electrons. The van der Waals surface area contributed by atoms with Crippen molar-refractivity contribution in [1.29, 1.82) is 0 Å². The van der Waals surface area contributed by atoms with Crippen LogP contribution in [0.3, 0.4) is 0 Å². The minimum atomic E-state index is -3.55. The molecule has 32 heavy (non-hydrogen) atoms. The fourth-order valence-electron chi connectivity index (χ4n) is 5.19. The van der Waals surface area contributed by atoms with Gasteiger partial charge in [0.1, 0.15) is 11.5 Å². The topological polar surface area (TPSA) is 79.6 Å². The first-order valence-electron chi connectivity index (χ1n) is 11.4. The molecule has 1 N–H and O–H groups in total. The summed E-state index contributed by atoms with van der Waals surface area (Å²) in [6.45, 7) is 10.8. The predicted octanol–water partition coefficient (Wildman–Crippen LogP) is 4.44. The number of furan rings is 1. The number of carbonyl (C=O) groups excluding carboxylic acids is 1. The molecular weight excluding hydrogens is 424 g/mol. The third-order valence-corrected chi connectivity index (χ3v) is 8.88. The summed E-state index contributed by atoms with van der Waals surface area (Å²) in [6.07, 6.45) is 2.80. The SMILES string of the molecule is Cc1ccc(S(=O)(=O)N2CCC(C(=O)NC3CC(C)(C)Cc4oc(C)cc43)CC2)c(C)c1. The molecule has 1 amide bonds. The Morgan fingerprint density at radius 1 is 1.12 bits per heavy atom. The van der Waals surface area contributed by atoms with Crippen molar-refractivity contribution in [2.75, 3.05) is 13.1 Å². The normalized spacial score (nSPS) is 21.8. The lowest BCUT2D eigenvalue weighted by molar-refractivity contribution is -0.127. The van der Waals surface area contributed by atoms with Crippen LogP contribution in [-0.4, -0.2) is 31.7 Å². The van der Waals surface area contributed by atoms with Crippen LogP contribution in [0.4, 0.5) is 0 Å². The van der Waals surface area contributed by atoms with E-state index in [1.807, 2.05) is 39.0 Å². The van der Waals surface area contributed by atoms with E-state index < -0.39 is 10.0 Å². The molecular formula is C25H34N2O4S. The van der Waals surface area contributed by atoms with Crippen LogP contribution in [0.1, 0.15) is 67.4 Å². The summed E-state index contributed by atoms with van der Waals surface area (Å²) >= 11 is 0. The molecule has 1 aliphatic heterocycles. The van der Waals surface area contributed by atoms with Crippen LogP contribution < -0.4 is 5.32 Å². The maximum atomic E-state index is 13.1. The lowest BCUT2D eigenvalue weighted by atomic mass is 9.74. The molecule has 1 unspecified atom stereocenters. The van der Waals surface area contributed by atoms with Gasteiger partial charge in [0.25, 0.3) is 0 Å². The van der Waals surface area contributed by atoms with Crippen molar-refractivity contribution in [3.63, 3.8) is 0 Å². The summed E-state index contributed by atoms with van der Waals surface area (Å²) in [5.41, 5.74) is 2.94. The standard InChI is InChI=1S/C25H34N2O4S/c1-16-6-7-23(17(2)12-16)32(29,30)27-10-8-19(9-11-27)24(28)26-21-14-25(4,5)15-22-20(21)13-18(3)31-22/h6-7,12-13,19,21H,8-11,14-15H2,1-5H3,(H,26,28). The van der Waals surface area contributed by atoms with Crippen molar-refractivity contribution < 1.29 is 17.6 Å². The molecule has 0 radical (unpaired) electrons. The van der Waals surface area contributed by atoms with Crippen LogP contribution in [-0.2, 0) is 21.2 Å². The highest BCUT2D eigenvalue weighted by Crippen LogP contribution is 2.42. The first kappa shape index (κ1) is 23.1. The highest BCUT2D eigenvalue weighted by Gasteiger charge is 2.38. The van der Waals surface area contributed by atoms with E-state index in [2.05, 4.69) is 19.2 Å². The minimum Gasteiger partial charge on any atom is -0.466 e. The molecule has 2 heterocycles. The Hall–Kier alpha value is -2.12. The summed E-state index contributed by atoms with van der Waals surface area (Å²) < 4.78 is 33.7. The Balaban J connectivity index is 1.42. The van der Waals surface area contributed by atoms with Crippen molar-refractivity contribution in [3.8, 4) is 0 Å². The average molecular weight is 459 g/mol. The van der Waals surface area contributed by atoms with Crippen LogP contribution in [0.5, 0.6) is 0 Å². The molecule has 6 nitrogen and oxygen atoms in total. The molecule has 1 aromatic carbocycles. The molecule has 1 aromatic heterocycles. The largest absolute Gasteiger partial charge is 0.466 e. The first-order chi connectivity index (χ1) is 15.0. The van der Waals surface area contributed by atoms with E-state index in [0.717, 1.165) is 41.1 Å². The van der Waals surface area contributed by atoms with Gasteiger partial charge in [-0.2, -0.15) is 4.31 Å². The number of nitrogens with zero attached hydrogens (tertiary/aromatic N) is 1.